The zero-order valence-electron chi connectivity index (χ0n) is 21.7. The van der Waals surface area contributed by atoms with Crippen LogP contribution in [0.15, 0.2) is 28.4 Å². The number of benzene rings is 1. The standard InChI is InChI=1S/C27H38N4O4S/c1-18(2)35-16-21(32)14-31(8-7-30-9-11-34-12-10-30)15-24-28-26(33)25-23(17-36-27(25)29-24)22-6-5-19(3)13-20(22)4/h5-6,13,17-18,21,32H,7-12,14-16H2,1-4H3,(H,28,29,33). The molecule has 3 aromatic rings. The maximum atomic E-state index is 13.2. The summed E-state index contributed by atoms with van der Waals surface area (Å²) >= 11 is 1.50. The zero-order valence-corrected chi connectivity index (χ0v) is 22.6. The maximum Gasteiger partial charge on any atom is 0.260 e. The quantitative estimate of drug-likeness (QED) is 0.406. The highest BCUT2D eigenvalue weighted by atomic mass is 32.1. The van der Waals surface area contributed by atoms with E-state index in [0.29, 0.717) is 24.3 Å². The normalized spacial score (nSPS) is 15.9. The van der Waals surface area contributed by atoms with E-state index in [1.54, 1.807) is 0 Å². The summed E-state index contributed by atoms with van der Waals surface area (Å²) in [5.41, 5.74) is 4.21. The van der Waals surface area contributed by atoms with Gasteiger partial charge in [0.2, 0.25) is 0 Å². The Hall–Kier alpha value is -2.14. The molecule has 3 heterocycles. The summed E-state index contributed by atoms with van der Waals surface area (Å²) in [6, 6.07) is 6.28. The minimum Gasteiger partial charge on any atom is -0.389 e. The lowest BCUT2D eigenvalue weighted by Crippen LogP contribution is -2.43. The highest BCUT2D eigenvalue weighted by molar-refractivity contribution is 7.17. The van der Waals surface area contributed by atoms with Gasteiger partial charge in [-0.2, -0.15) is 0 Å². The third kappa shape index (κ3) is 7.00. The number of nitrogens with one attached hydrogen (secondary N) is 1. The van der Waals surface area contributed by atoms with Crippen molar-refractivity contribution in [2.24, 2.45) is 0 Å². The third-order valence-electron chi connectivity index (χ3n) is 6.47. The van der Waals surface area contributed by atoms with Crippen LogP contribution in [-0.2, 0) is 16.0 Å². The van der Waals surface area contributed by atoms with E-state index in [1.807, 2.05) is 19.2 Å². The average molecular weight is 515 g/mol. The van der Waals surface area contributed by atoms with Crippen LogP contribution in [0.1, 0.15) is 30.8 Å². The van der Waals surface area contributed by atoms with Gasteiger partial charge in [0.1, 0.15) is 10.7 Å². The van der Waals surface area contributed by atoms with Gasteiger partial charge in [0, 0.05) is 43.7 Å². The number of nitrogens with zero attached hydrogens (tertiary/aromatic N) is 3. The minimum absolute atomic E-state index is 0.0621. The number of ether oxygens (including phenoxy) is 2. The molecule has 1 saturated heterocycles. The third-order valence-corrected chi connectivity index (χ3v) is 7.34. The molecule has 0 radical (unpaired) electrons. The summed E-state index contributed by atoms with van der Waals surface area (Å²) in [5, 5.41) is 13.3. The van der Waals surface area contributed by atoms with Crippen molar-refractivity contribution >= 4 is 21.6 Å². The molecule has 36 heavy (non-hydrogen) atoms. The van der Waals surface area contributed by atoms with Crippen molar-refractivity contribution in [3.05, 3.63) is 50.9 Å². The summed E-state index contributed by atoms with van der Waals surface area (Å²) in [7, 11) is 0. The lowest BCUT2D eigenvalue weighted by Gasteiger charge is -2.30. The highest BCUT2D eigenvalue weighted by Crippen LogP contribution is 2.33. The fourth-order valence-electron chi connectivity index (χ4n) is 4.59. The van der Waals surface area contributed by atoms with Crippen LogP contribution >= 0.6 is 11.3 Å². The van der Waals surface area contributed by atoms with Crippen molar-refractivity contribution in [2.75, 3.05) is 52.5 Å². The van der Waals surface area contributed by atoms with Gasteiger partial charge in [-0.05, 0) is 38.8 Å². The van der Waals surface area contributed by atoms with Crippen LogP contribution < -0.4 is 5.56 Å². The molecule has 0 saturated carbocycles. The molecule has 1 aliphatic heterocycles. The van der Waals surface area contributed by atoms with Crippen LogP contribution in [0.3, 0.4) is 0 Å². The van der Waals surface area contributed by atoms with E-state index in [9.17, 15) is 9.90 Å². The number of aliphatic hydroxyl groups excluding tert-OH is 1. The van der Waals surface area contributed by atoms with E-state index < -0.39 is 6.10 Å². The van der Waals surface area contributed by atoms with E-state index in [2.05, 4.69) is 46.8 Å². The number of aryl methyl sites for hydroxylation is 2. The van der Waals surface area contributed by atoms with E-state index in [4.69, 9.17) is 14.5 Å². The molecule has 1 aromatic carbocycles. The second kappa shape index (κ2) is 12.4. The maximum absolute atomic E-state index is 13.2. The number of aromatic amines is 1. The lowest BCUT2D eigenvalue weighted by molar-refractivity contribution is -0.0132. The van der Waals surface area contributed by atoms with Crippen molar-refractivity contribution < 1.29 is 14.6 Å². The number of aromatic nitrogens is 2. The molecule has 9 heteroatoms. The van der Waals surface area contributed by atoms with Crippen LogP contribution in [-0.4, -0.2) is 89.6 Å². The summed E-state index contributed by atoms with van der Waals surface area (Å²) in [4.78, 5) is 26.3. The molecule has 0 amide bonds. The summed E-state index contributed by atoms with van der Waals surface area (Å²) in [6.45, 7) is 14.1. The molecule has 1 fully saturated rings. The fourth-order valence-corrected chi connectivity index (χ4v) is 5.55. The number of rotatable bonds is 11. The lowest BCUT2D eigenvalue weighted by atomic mass is 9.99. The number of aliphatic hydroxyl groups is 1. The molecule has 0 aliphatic carbocycles. The predicted molar refractivity (Wildman–Crippen MR) is 145 cm³/mol. The number of thiophene rings is 1. The first-order chi connectivity index (χ1) is 17.3. The van der Waals surface area contributed by atoms with Gasteiger partial charge in [-0.1, -0.05) is 23.8 Å². The Balaban J connectivity index is 1.53. The Kier molecular flexibility index (Phi) is 9.27. The molecular formula is C27H38N4O4S. The first kappa shape index (κ1) is 26.9. The molecule has 2 N–H and O–H groups in total. The summed E-state index contributed by atoms with van der Waals surface area (Å²) < 4.78 is 11.1. The average Bonchev–Trinajstić information content (AvgIpc) is 3.26. The summed E-state index contributed by atoms with van der Waals surface area (Å²) in [6.07, 6.45) is -0.558. The molecule has 8 nitrogen and oxygen atoms in total. The van der Waals surface area contributed by atoms with E-state index >= 15 is 0 Å². The molecule has 0 bridgehead atoms. The van der Waals surface area contributed by atoms with Crippen molar-refractivity contribution in [1.82, 2.24) is 19.8 Å². The van der Waals surface area contributed by atoms with E-state index in [-0.39, 0.29) is 18.3 Å². The predicted octanol–water partition coefficient (Wildman–Crippen LogP) is 3.19. The Labute approximate surface area is 216 Å². The molecule has 2 aromatic heterocycles. The molecule has 1 unspecified atom stereocenters. The van der Waals surface area contributed by atoms with Crippen molar-refractivity contribution in [3.63, 3.8) is 0 Å². The second-order valence-corrected chi connectivity index (χ2v) is 10.7. The molecule has 4 rings (SSSR count). The molecule has 0 spiro atoms. The van der Waals surface area contributed by atoms with Crippen molar-refractivity contribution in [2.45, 2.75) is 46.4 Å². The number of fused-ring (bicyclic) bond motifs is 1. The van der Waals surface area contributed by atoms with Gasteiger partial charge in [-0.3, -0.25) is 14.6 Å². The minimum atomic E-state index is -0.620. The van der Waals surface area contributed by atoms with Gasteiger partial charge >= 0.3 is 0 Å². The molecule has 1 aliphatic rings. The van der Waals surface area contributed by atoms with E-state index in [0.717, 1.165) is 60.9 Å². The van der Waals surface area contributed by atoms with Crippen LogP contribution in [0.5, 0.6) is 0 Å². The Morgan fingerprint density at radius 1 is 1.25 bits per heavy atom. The monoisotopic (exact) mass is 514 g/mol. The zero-order chi connectivity index (χ0) is 25.7. The van der Waals surface area contributed by atoms with Gasteiger partial charge < -0.3 is 19.6 Å². The first-order valence-corrected chi connectivity index (χ1v) is 13.6. The Morgan fingerprint density at radius 2 is 2.03 bits per heavy atom. The number of hydrogen-bond acceptors (Lipinski definition) is 8. The number of hydrogen-bond donors (Lipinski definition) is 2. The van der Waals surface area contributed by atoms with Crippen LogP contribution in [0, 0.1) is 13.8 Å². The number of H-pyrrole nitrogens is 1. The van der Waals surface area contributed by atoms with Crippen molar-refractivity contribution in [1.29, 1.82) is 0 Å². The molecule has 196 valence electrons. The van der Waals surface area contributed by atoms with Crippen LogP contribution in [0.2, 0.25) is 0 Å². The van der Waals surface area contributed by atoms with Gasteiger partial charge in [-0.25, -0.2) is 4.98 Å². The van der Waals surface area contributed by atoms with Crippen molar-refractivity contribution in [3.8, 4) is 11.1 Å². The van der Waals surface area contributed by atoms with Gasteiger partial charge in [-0.15, -0.1) is 11.3 Å². The van der Waals surface area contributed by atoms with E-state index in [1.165, 1.54) is 16.9 Å². The first-order valence-electron chi connectivity index (χ1n) is 12.7. The number of morpholine rings is 1. The Bertz CT molecular complexity index is 1200. The van der Waals surface area contributed by atoms with Gasteiger partial charge in [0.25, 0.3) is 5.56 Å². The topological polar surface area (TPSA) is 90.9 Å². The summed E-state index contributed by atoms with van der Waals surface area (Å²) in [5.74, 6) is 0.612. The SMILES string of the molecule is Cc1ccc(-c2csc3nc(CN(CCN4CCOCC4)CC(O)COC(C)C)[nH]c(=O)c23)c(C)c1. The van der Waals surface area contributed by atoms with Crippen LogP contribution in [0.25, 0.3) is 21.3 Å². The smallest absolute Gasteiger partial charge is 0.260 e. The Morgan fingerprint density at radius 3 is 2.75 bits per heavy atom. The highest BCUT2D eigenvalue weighted by Gasteiger charge is 2.19. The van der Waals surface area contributed by atoms with Gasteiger partial charge in [0.15, 0.2) is 0 Å². The second-order valence-electron chi connectivity index (χ2n) is 9.89. The molecule has 1 atom stereocenters. The largest absolute Gasteiger partial charge is 0.389 e. The molecular weight excluding hydrogens is 476 g/mol. The van der Waals surface area contributed by atoms with Gasteiger partial charge in [0.05, 0.1) is 44.0 Å². The fraction of sp³-hybridized carbons (Fsp3) is 0.556. The van der Waals surface area contributed by atoms with Crippen LogP contribution in [0.4, 0.5) is 0 Å².